The maximum atomic E-state index is 4.93. The van der Waals surface area contributed by atoms with Crippen molar-refractivity contribution in [3.8, 4) is 0 Å². The van der Waals surface area contributed by atoms with Gasteiger partial charge in [-0.3, -0.25) is 0 Å². The van der Waals surface area contributed by atoms with Gasteiger partial charge in [-0.05, 0) is 0 Å². The van der Waals surface area contributed by atoms with Crippen molar-refractivity contribution >= 4 is 48.8 Å². The summed E-state index contributed by atoms with van der Waals surface area (Å²) in [6, 6.07) is 25.7. The molecule has 0 saturated heterocycles. The third-order valence-corrected chi connectivity index (χ3v) is 3.52. The molecular formula is C24H28Cl2SiZr-3. The molecule has 0 bridgehead atoms. The fourth-order valence-electron chi connectivity index (χ4n) is 2.61. The Morgan fingerprint density at radius 1 is 0.821 bits per heavy atom. The third-order valence-electron chi connectivity index (χ3n) is 3.52. The SMILES string of the molecule is C[Si].Cc1cc2ccccc2[cH-]1.Cc1cc2ccccc2[cH-]1.[CH2-]CC.[Cl][Zr][Cl]. The first-order chi connectivity index (χ1) is 13.5. The molecule has 0 heterocycles. The second-order valence-electron chi connectivity index (χ2n) is 5.89. The molecule has 4 aromatic carbocycles. The Hall–Kier alpha value is -0.660. The molecule has 3 radical (unpaired) electrons. The maximum absolute atomic E-state index is 4.93. The van der Waals surface area contributed by atoms with Gasteiger partial charge in [0.05, 0.1) is 0 Å². The van der Waals surface area contributed by atoms with Gasteiger partial charge in [-0.15, -0.1) is 81.2 Å². The quantitative estimate of drug-likeness (QED) is 0.166. The number of rotatable bonds is 0. The predicted octanol–water partition coefficient (Wildman–Crippen LogP) is 8.54. The number of hydrogen-bond donors (Lipinski definition) is 0. The molecule has 0 nitrogen and oxygen atoms in total. The van der Waals surface area contributed by atoms with Crippen molar-refractivity contribution in [2.75, 3.05) is 0 Å². The van der Waals surface area contributed by atoms with Crippen LogP contribution in [0, 0.1) is 20.8 Å². The van der Waals surface area contributed by atoms with Crippen molar-refractivity contribution in [2.24, 2.45) is 0 Å². The second kappa shape index (κ2) is 17.2. The van der Waals surface area contributed by atoms with Crippen LogP contribution in [0.4, 0.5) is 0 Å². The zero-order valence-electron chi connectivity index (χ0n) is 17.1. The van der Waals surface area contributed by atoms with Crippen molar-refractivity contribution in [1.82, 2.24) is 0 Å². The molecule has 4 heteroatoms. The van der Waals surface area contributed by atoms with E-state index in [1.165, 1.54) is 32.7 Å². The van der Waals surface area contributed by atoms with Gasteiger partial charge in [-0.25, -0.2) is 0 Å². The van der Waals surface area contributed by atoms with Crippen LogP contribution in [0.25, 0.3) is 21.5 Å². The van der Waals surface area contributed by atoms with Crippen molar-refractivity contribution in [2.45, 2.75) is 33.7 Å². The molecule has 0 N–H and O–H groups in total. The molecule has 0 saturated carbocycles. The van der Waals surface area contributed by atoms with E-state index in [0.717, 1.165) is 6.42 Å². The normalized spacial score (nSPS) is 8.86. The van der Waals surface area contributed by atoms with E-state index >= 15 is 0 Å². The van der Waals surface area contributed by atoms with Crippen molar-refractivity contribution in [3.05, 3.63) is 90.8 Å². The van der Waals surface area contributed by atoms with Gasteiger partial charge in [0, 0.05) is 10.2 Å². The number of benzene rings is 2. The van der Waals surface area contributed by atoms with Crippen LogP contribution >= 0.6 is 17.0 Å². The molecule has 0 amide bonds. The molecule has 28 heavy (non-hydrogen) atoms. The van der Waals surface area contributed by atoms with E-state index < -0.39 is 20.8 Å². The molecular weight excluding hydrogens is 478 g/mol. The second-order valence-corrected chi connectivity index (χ2v) is 9.63. The van der Waals surface area contributed by atoms with E-state index in [-0.39, 0.29) is 0 Å². The summed E-state index contributed by atoms with van der Waals surface area (Å²) in [7, 11) is 12.8. The molecule has 0 aliphatic carbocycles. The molecule has 149 valence electrons. The number of halogens is 2. The topological polar surface area (TPSA) is 0 Å². The predicted molar refractivity (Wildman–Crippen MR) is 128 cm³/mol. The van der Waals surface area contributed by atoms with Gasteiger partial charge >= 0.3 is 37.9 Å². The first-order valence-electron chi connectivity index (χ1n) is 9.05. The van der Waals surface area contributed by atoms with Crippen LogP contribution in [0.5, 0.6) is 0 Å². The summed E-state index contributed by atoms with van der Waals surface area (Å²) in [6.07, 6.45) is 1.00. The van der Waals surface area contributed by atoms with E-state index in [1.807, 2.05) is 6.92 Å². The molecule has 0 atom stereocenters. The monoisotopic (exact) mass is 504 g/mol. The molecule has 0 spiro atoms. The Bertz CT molecular complexity index is 740. The van der Waals surface area contributed by atoms with E-state index in [2.05, 4.69) is 104 Å². The van der Waals surface area contributed by atoms with Gasteiger partial charge in [0.2, 0.25) is 0 Å². The summed E-state index contributed by atoms with van der Waals surface area (Å²) < 4.78 is 0. The van der Waals surface area contributed by atoms with E-state index in [0.29, 0.717) is 0 Å². The summed E-state index contributed by atoms with van der Waals surface area (Å²) >= 11 is -0.826. The van der Waals surface area contributed by atoms with E-state index in [9.17, 15) is 0 Å². The fraction of sp³-hybridized carbons (Fsp3) is 0.208. The molecule has 0 aliphatic rings. The minimum absolute atomic E-state index is 0.826. The Morgan fingerprint density at radius 2 is 1.11 bits per heavy atom. The first kappa shape index (κ1) is 27.3. The number of fused-ring (bicyclic) bond motifs is 2. The van der Waals surface area contributed by atoms with E-state index in [4.69, 9.17) is 17.0 Å². The average molecular weight is 507 g/mol. The first-order valence-corrected chi connectivity index (χ1v) is 16.4. The Labute approximate surface area is 193 Å². The Balaban J connectivity index is 0.000000384. The van der Waals surface area contributed by atoms with Gasteiger partial charge in [0.1, 0.15) is 0 Å². The molecule has 0 fully saturated rings. The van der Waals surface area contributed by atoms with Crippen LogP contribution in [0.2, 0.25) is 6.55 Å². The molecule has 4 rings (SSSR count). The summed E-state index contributed by atoms with van der Waals surface area (Å²) in [5, 5.41) is 5.39. The van der Waals surface area contributed by atoms with Crippen LogP contribution in [0.15, 0.2) is 72.8 Å². The third kappa shape index (κ3) is 10.8. The van der Waals surface area contributed by atoms with Crippen molar-refractivity contribution < 1.29 is 20.8 Å². The van der Waals surface area contributed by atoms with Gasteiger partial charge in [0.15, 0.2) is 0 Å². The van der Waals surface area contributed by atoms with Crippen LogP contribution in [0.3, 0.4) is 0 Å². The summed E-state index contributed by atoms with van der Waals surface area (Å²) in [4.78, 5) is 0. The molecule has 4 aromatic rings. The van der Waals surface area contributed by atoms with Gasteiger partial charge < -0.3 is 6.92 Å². The van der Waals surface area contributed by atoms with Crippen LogP contribution < -0.4 is 0 Å². The van der Waals surface area contributed by atoms with Crippen LogP contribution in [-0.2, 0) is 20.8 Å². The summed E-state index contributed by atoms with van der Waals surface area (Å²) in [5.74, 6) is 0. The van der Waals surface area contributed by atoms with Gasteiger partial charge in [0.25, 0.3) is 0 Å². The van der Waals surface area contributed by atoms with Gasteiger partial charge in [-0.2, -0.15) is 18.6 Å². The zero-order chi connectivity index (χ0) is 21.4. The number of aryl methyl sites for hydroxylation is 2. The Kier molecular flexibility index (Phi) is 16.8. The summed E-state index contributed by atoms with van der Waals surface area (Å²) in [6.45, 7) is 11.6. The average Bonchev–Trinajstić information content (AvgIpc) is 3.25. The molecule has 0 aliphatic heterocycles. The molecule has 0 aromatic heterocycles. The van der Waals surface area contributed by atoms with Crippen LogP contribution in [-0.4, -0.2) is 10.2 Å². The minimum atomic E-state index is -0.826. The zero-order valence-corrected chi connectivity index (χ0v) is 22.1. The standard InChI is InChI=1S/2C10H9.C3H7.CH3Si.2ClH.Zr/c2*1-8-6-9-4-2-3-5-10(9)7-8;1-3-2;1-2;;;/h2*2-7H,1H3;1,3H2,2H3;1H3;2*1H;/q3*-1;;;;+2/p-2. The number of hydrogen-bond acceptors (Lipinski definition) is 0. The summed E-state index contributed by atoms with van der Waals surface area (Å²) in [5.41, 5.74) is 2.70. The van der Waals surface area contributed by atoms with Crippen LogP contribution in [0.1, 0.15) is 24.5 Å². The van der Waals surface area contributed by atoms with E-state index in [1.54, 1.807) is 6.55 Å². The van der Waals surface area contributed by atoms with Gasteiger partial charge in [-0.1, -0.05) is 39.5 Å². The van der Waals surface area contributed by atoms with Crippen molar-refractivity contribution in [3.63, 3.8) is 0 Å². The van der Waals surface area contributed by atoms with Crippen molar-refractivity contribution in [1.29, 1.82) is 0 Å². The fourth-order valence-corrected chi connectivity index (χ4v) is 2.61. The Morgan fingerprint density at radius 3 is 1.39 bits per heavy atom. The molecule has 0 unspecified atom stereocenters.